The van der Waals surface area contributed by atoms with Crippen molar-refractivity contribution in [2.75, 3.05) is 7.11 Å². The maximum absolute atomic E-state index is 13.9. The van der Waals surface area contributed by atoms with Gasteiger partial charge >= 0.3 is 12.3 Å². The van der Waals surface area contributed by atoms with Crippen molar-refractivity contribution in [1.82, 2.24) is 0 Å². The van der Waals surface area contributed by atoms with E-state index in [1.807, 2.05) is 0 Å². The number of aromatic hydroxyl groups is 1. The van der Waals surface area contributed by atoms with Crippen LogP contribution in [0.3, 0.4) is 0 Å². The van der Waals surface area contributed by atoms with Crippen LogP contribution in [0.1, 0.15) is 10.4 Å². The lowest BCUT2D eigenvalue weighted by Gasteiger charge is -2.12. The molecule has 0 unspecified atom stereocenters. The van der Waals surface area contributed by atoms with Crippen LogP contribution in [0.5, 0.6) is 11.5 Å². The summed E-state index contributed by atoms with van der Waals surface area (Å²) in [7, 11) is 1.13. The number of halogens is 4. The molecule has 0 aliphatic carbocycles. The zero-order valence-electron chi connectivity index (χ0n) is 11.6. The van der Waals surface area contributed by atoms with E-state index in [1.165, 1.54) is 6.07 Å². The smallest absolute Gasteiger partial charge is 0.508 e. The van der Waals surface area contributed by atoms with Crippen molar-refractivity contribution in [1.29, 1.82) is 0 Å². The zero-order chi connectivity index (χ0) is 17.2. The second-order valence-electron chi connectivity index (χ2n) is 4.45. The highest BCUT2D eigenvalue weighted by molar-refractivity contribution is 5.91. The van der Waals surface area contributed by atoms with Gasteiger partial charge in [-0.15, -0.1) is 13.2 Å². The summed E-state index contributed by atoms with van der Waals surface area (Å²) >= 11 is 0. The molecule has 0 fully saturated rings. The molecule has 2 aromatic carbocycles. The number of ether oxygens (including phenoxy) is 2. The number of hydrogen-bond acceptors (Lipinski definition) is 4. The normalized spacial score (nSPS) is 11.2. The molecule has 0 saturated carbocycles. The maximum Gasteiger partial charge on any atom is 0.573 e. The monoisotopic (exact) mass is 330 g/mol. The van der Waals surface area contributed by atoms with Gasteiger partial charge in [-0.25, -0.2) is 9.18 Å². The predicted molar refractivity (Wildman–Crippen MR) is 71.5 cm³/mol. The molecule has 0 bridgehead atoms. The van der Waals surface area contributed by atoms with E-state index in [-0.39, 0.29) is 16.7 Å². The number of carbonyl (C=O) groups excluding carboxylic acids is 1. The number of phenolic OH excluding ortho intramolecular Hbond substituents is 1. The third-order valence-electron chi connectivity index (χ3n) is 2.82. The third kappa shape index (κ3) is 4.12. The van der Waals surface area contributed by atoms with Crippen LogP contribution in [0.25, 0.3) is 11.1 Å². The van der Waals surface area contributed by atoms with E-state index in [9.17, 15) is 27.5 Å². The van der Waals surface area contributed by atoms with Crippen molar-refractivity contribution in [2.45, 2.75) is 6.36 Å². The van der Waals surface area contributed by atoms with Crippen LogP contribution in [0.4, 0.5) is 17.6 Å². The Labute approximate surface area is 127 Å². The van der Waals surface area contributed by atoms with Gasteiger partial charge in [0.1, 0.15) is 17.3 Å². The van der Waals surface area contributed by atoms with Gasteiger partial charge < -0.3 is 14.6 Å². The zero-order valence-corrected chi connectivity index (χ0v) is 11.6. The number of rotatable bonds is 3. The Bertz CT molecular complexity index is 741. The van der Waals surface area contributed by atoms with Crippen molar-refractivity contribution in [2.24, 2.45) is 0 Å². The van der Waals surface area contributed by atoms with Crippen molar-refractivity contribution in [3.63, 3.8) is 0 Å². The Morgan fingerprint density at radius 1 is 1.13 bits per heavy atom. The predicted octanol–water partition coefficient (Wildman–Crippen LogP) is 3.88. The standard InChI is InChI=1S/C15H10F4O4/c1-22-14(21)8-2-3-13(16)12(6-8)9-4-10(20)7-11(5-9)23-15(17,18)19/h2-7,20H,1H3. The Morgan fingerprint density at radius 3 is 2.43 bits per heavy atom. The van der Waals surface area contributed by atoms with E-state index in [1.54, 1.807) is 0 Å². The number of hydrogen-bond donors (Lipinski definition) is 1. The Balaban J connectivity index is 2.51. The number of alkyl halides is 3. The van der Waals surface area contributed by atoms with E-state index < -0.39 is 29.6 Å². The molecule has 23 heavy (non-hydrogen) atoms. The second kappa shape index (κ2) is 6.15. The molecule has 0 heterocycles. The quantitative estimate of drug-likeness (QED) is 0.685. The van der Waals surface area contributed by atoms with Gasteiger partial charge in [-0.3, -0.25) is 0 Å². The maximum atomic E-state index is 13.9. The van der Waals surface area contributed by atoms with Crippen LogP contribution in [-0.4, -0.2) is 24.5 Å². The average Bonchev–Trinajstić information content (AvgIpc) is 2.44. The second-order valence-corrected chi connectivity index (χ2v) is 4.45. The summed E-state index contributed by atoms with van der Waals surface area (Å²) in [6.45, 7) is 0. The fourth-order valence-corrected chi connectivity index (χ4v) is 1.92. The van der Waals surface area contributed by atoms with E-state index >= 15 is 0 Å². The van der Waals surface area contributed by atoms with Gasteiger partial charge in [0.25, 0.3) is 0 Å². The molecule has 2 aromatic rings. The highest BCUT2D eigenvalue weighted by Crippen LogP contribution is 2.33. The lowest BCUT2D eigenvalue weighted by atomic mass is 10.0. The number of methoxy groups -OCH3 is 1. The van der Waals surface area contributed by atoms with E-state index in [4.69, 9.17) is 0 Å². The fraction of sp³-hybridized carbons (Fsp3) is 0.133. The van der Waals surface area contributed by atoms with Crippen LogP contribution in [-0.2, 0) is 4.74 Å². The van der Waals surface area contributed by atoms with Crippen LogP contribution in [0, 0.1) is 5.82 Å². The van der Waals surface area contributed by atoms with Gasteiger partial charge in [0.05, 0.1) is 12.7 Å². The molecule has 0 aliphatic rings. The first-order valence-electron chi connectivity index (χ1n) is 6.17. The Morgan fingerprint density at radius 2 is 1.83 bits per heavy atom. The number of phenols is 1. The first-order chi connectivity index (χ1) is 10.7. The van der Waals surface area contributed by atoms with Gasteiger partial charge in [-0.05, 0) is 35.9 Å². The lowest BCUT2D eigenvalue weighted by Crippen LogP contribution is -2.17. The molecule has 4 nitrogen and oxygen atoms in total. The van der Waals surface area contributed by atoms with E-state index in [0.717, 1.165) is 37.4 Å². The number of esters is 1. The van der Waals surface area contributed by atoms with Gasteiger partial charge in [0, 0.05) is 11.6 Å². The molecule has 0 spiro atoms. The minimum absolute atomic E-state index is 0.00512. The average molecular weight is 330 g/mol. The molecule has 8 heteroatoms. The van der Waals surface area contributed by atoms with Crippen molar-refractivity contribution < 1.29 is 36.9 Å². The summed E-state index contributed by atoms with van der Waals surface area (Å²) in [4.78, 5) is 11.5. The van der Waals surface area contributed by atoms with Crippen LogP contribution >= 0.6 is 0 Å². The molecule has 0 aliphatic heterocycles. The molecular formula is C15H10F4O4. The Kier molecular flexibility index (Phi) is 4.44. The van der Waals surface area contributed by atoms with Gasteiger partial charge in [-0.1, -0.05) is 0 Å². The topological polar surface area (TPSA) is 55.8 Å². The first-order valence-corrected chi connectivity index (χ1v) is 6.17. The van der Waals surface area contributed by atoms with Gasteiger partial charge in [0.2, 0.25) is 0 Å². The molecule has 122 valence electrons. The Hall–Kier alpha value is -2.77. The fourth-order valence-electron chi connectivity index (χ4n) is 1.92. The molecule has 0 amide bonds. The molecule has 0 atom stereocenters. The summed E-state index contributed by atoms with van der Waals surface area (Å²) in [6.07, 6.45) is -4.96. The molecular weight excluding hydrogens is 320 g/mol. The van der Waals surface area contributed by atoms with E-state index in [0.29, 0.717) is 0 Å². The molecule has 0 radical (unpaired) electrons. The molecule has 0 aromatic heterocycles. The molecule has 2 rings (SSSR count). The van der Waals surface area contributed by atoms with Crippen molar-refractivity contribution >= 4 is 5.97 Å². The summed E-state index contributed by atoms with van der Waals surface area (Å²) in [5, 5.41) is 9.51. The first kappa shape index (κ1) is 16.6. The minimum atomic E-state index is -4.96. The largest absolute Gasteiger partial charge is 0.573 e. The highest BCUT2D eigenvalue weighted by atomic mass is 19.4. The van der Waals surface area contributed by atoms with Gasteiger partial charge in [0.15, 0.2) is 0 Å². The minimum Gasteiger partial charge on any atom is -0.508 e. The van der Waals surface area contributed by atoms with Crippen LogP contribution < -0.4 is 4.74 Å². The summed E-state index contributed by atoms with van der Waals surface area (Å²) in [5.74, 6) is -2.79. The highest BCUT2D eigenvalue weighted by Gasteiger charge is 2.31. The number of carbonyl (C=O) groups is 1. The third-order valence-corrected chi connectivity index (χ3v) is 2.82. The van der Waals surface area contributed by atoms with Crippen molar-refractivity contribution in [3.05, 3.63) is 47.8 Å². The SMILES string of the molecule is COC(=O)c1ccc(F)c(-c2cc(O)cc(OC(F)(F)F)c2)c1. The summed E-state index contributed by atoms with van der Waals surface area (Å²) < 4.78 is 58.9. The van der Waals surface area contributed by atoms with Crippen molar-refractivity contribution in [3.8, 4) is 22.6 Å². The summed E-state index contributed by atoms with van der Waals surface area (Å²) in [6, 6.07) is 5.91. The molecule has 1 N–H and O–H groups in total. The van der Waals surface area contributed by atoms with Gasteiger partial charge in [-0.2, -0.15) is 0 Å². The van der Waals surface area contributed by atoms with Crippen LogP contribution in [0.15, 0.2) is 36.4 Å². The summed E-state index contributed by atoms with van der Waals surface area (Å²) in [5.41, 5.74) is -0.270. The molecule has 0 saturated heterocycles. The van der Waals surface area contributed by atoms with E-state index in [2.05, 4.69) is 9.47 Å². The number of benzene rings is 2. The van der Waals surface area contributed by atoms with Crippen LogP contribution in [0.2, 0.25) is 0 Å². The lowest BCUT2D eigenvalue weighted by molar-refractivity contribution is -0.274.